The summed E-state index contributed by atoms with van der Waals surface area (Å²) >= 11 is 4.97. The van der Waals surface area contributed by atoms with Gasteiger partial charge < -0.3 is 10.4 Å². The molecule has 0 bridgehead atoms. The number of phenolic OH excluding ortho intramolecular Hbond substituents is 1. The third-order valence-corrected chi connectivity index (χ3v) is 2.88. The zero-order valence-corrected chi connectivity index (χ0v) is 12.0. The zero-order valence-electron chi connectivity index (χ0n) is 11.1. The molecule has 1 amide bonds. The molecule has 0 spiro atoms. The number of aromatic hydroxyl groups is 1. The van der Waals surface area contributed by atoms with Crippen LogP contribution >= 0.6 is 12.2 Å². The van der Waals surface area contributed by atoms with Crippen LogP contribution in [0, 0.1) is 10.1 Å². The van der Waals surface area contributed by atoms with Gasteiger partial charge in [0, 0.05) is 17.8 Å². The molecule has 2 aromatic rings. The number of hydrogen-bond acceptors (Lipinski definition) is 5. The molecular formula is C14H11N3O4S. The van der Waals surface area contributed by atoms with E-state index >= 15 is 0 Å². The molecule has 0 aromatic heterocycles. The molecule has 2 aromatic carbocycles. The lowest BCUT2D eigenvalue weighted by atomic mass is 10.1. The molecule has 7 nitrogen and oxygen atoms in total. The fourth-order valence-electron chi connectivity index (χ4n) is 1.74. The highest BCUT2D eigenvalue weighted by Gasteiger charge is 2.19. The van der Waals surface area contributed by atoms with Gasteiger partial charge in [0.1, 0.15) is 11.3 Å². The van der Waals surface area contributed by atoms with Gasteiger partial charge in [-0.15, -0.1) is 0 Å². The van der Waals surface area contributed by atoms with Crippen LogP contribution in [0.15, 0.2) is 48.5 Å². The molecule has 0 saturated carbocycles. The van der Waals surface area contributed by atoms with E-state index in [4.69, 9.17) is 12.2 Å². The Morgan fingerprint density at radius 1 is 1.18 bits per heavy atom. The van der Waals surface area contributed by atoms with Crippen LogP contribution in [0.25, 0.3) is 0 Å². The van der Waals surface area contributed by atoms with Gasteiger partial charge in [0.05, 0.1) is 4.92 Å². The Bertz CT molecular complexity index is 748. The summed E-state index contributed by atoms with van der Waals surface area (Å²) in [6.07, 6.45) is 0. The number of nitrogens with zero attached hydrogens (tertiary/aromatic N) is 1. The average molecular weight is 317 g/mol. The lowest BCUT2D eigenvalue weighted by Gasteiger charge is -2.09. The molecule has 0 saturated heterocycles. The summed E-state index contributed by atoms with van der Waals surface area (Å²) in [4.78, 5) is 22.3. The number of nitro benzene ring substituents is 1. The van der Waals surface area contributed by atoms with E-state index in [1.54, 1.807) is 12.1 Å². The minimum atomic E-state index is -0.690. The maximum Gasteiger partial charge on any atom is 0.282 e. The van der Waals surface area contributed by atoms with Gasteiger partial charge in [0.25, 0.3) is 11.6 Å². The molecule has 3 N–H and O–H groups in total. The minimum Gasteiger partial charge on any atom is -0.508 e. The van der Waals surface area contributed by atoms with Crippen molar-refractivity contribution in [3.63, 3.8) is 0 Å². The Morgan fingerprint density at radius 2 is 1.91 bits per heavy atom. The van der Waals surface area contributed by atoms with Crippen molar-refractivity contribution in [1.29, 1.82) is 0 Å². The van der Waals surface area contributed by atoms with E-state index in [0.29, 0.717) is 5.69 Å². The highest BCUT2D eigenvalue weighted by atomic mass is 32.1. The zero-order chi connectivity index (χ0) is 16.1. The summed E-state index contributed by atoms with van der Waals surface area (Å²) in [5.41, 5.74) is 0.0839. The van der Waals surface area contributed by atoms with Crippen LogP contribution in [0.4, 0.5) is 11.4 Å². The topological polar surface area (TPSA) is 104 Å². The normalized spacial score (nSPS) is 9.82. The molecule has 2 rings (SSSR count). The molecule has 0 unspecified atom stereocenters. The molecule has 0 aliphatic rings. The summed E-state index contributed by atoms with van der Waals surface area (Å²) in [5.74, 6) is -0.650. The maximum atomic E-state index is 12.0. The van der Waals surface area contributed by atoms with Crippen LogP contribution in [0.3, 0.4) is 0 Å². The van der Waals surface area contributed by atoms with E-state index in [0.717, 1.165) is 0 Å². The molecule has 0 fully saturated rings. The van der Waals surface area contributed by atoms with Crippen molar-refractivity contribution in [2.75, 3.05) is 5.32 Å². The summed E-state index contributed by atoms with van der Waals surface area (Å²) in [5, 5.41) is 25.3. The number of rotatable bonds is 3. The minimum absolute atomic E-state index is 0.0336. The van der Waals surface area contributed by atoms with Gasteiger partial charge in [0.15, 0.2) is 5.11 Å². The molecule has 8 heteroatoms. The Balaban J connectivity index is 2.09. The van der Waals surface area contributed by atoms with E-state index in [9.17, 15) is 20.0 Å². The fraction of sp³-hybridized carbons (Fsp3) is 0. The van der Waals surface area contributed by atoms with Crippen LogP contribution < -0.4 is 10.6 Å². The number of amides is 1. The predicted octanol–water partition coefficient (Wildman–Crippen LogP) is 2.43. The van der Waals surface area contributed by atoms with Crippen molar-refractivity contribution in [2.24, 2.45) is 0 Å². The first kappa shape index (κ1) is 15.4. The molecule has 112 valence electrons. The maximum absolute atomic E-state index is 12.0. The van der Waals surface area contributed by atoms with E-state index in [2.05, 4.69) is 10.6 Å². The lowest BCUT2D eigenvalue weighted by molar-refractivity contribution is -0.385. The van der Waals surface area contributed by atoms with E-state index in [-0.39, 0.29) is 22.1 Å². The average Bonchev–Trinajstić information content (AvgIpc) is 2.47. The monoisotopic (exact) mass is 317 g/mol. The highest BCUT2D eigenvalue weighted by Crippen LogP contribution is 2.18. The van der Waals surface area contributed by atoms with Crippen LogP contribution in [-0.4, -0.2) is 21.0 Å². The third kappa shape index (κ3) is 3.76. The predicted molar refractivity (Wildman–Crippen MR) is 84.9 cm³/mol. The first-order valence-corrected chi connectivity index (χ1v) is 6.53. The molecule has 0 atom stereocenters. The first-order chi connectivity index (χ1) is 10.5. The number of carbonyl (C=O) groups is 1. The second kappa shape index (κ2) is 6.64. The van der Waals surface area contributed by atoms with Crippen molar-refractivity contribution < 1.29 is 14.8 Å². The smallest absolute Gasteiger partial charge is 0.282 e. The number of para-hydroxylation sites is 1. The standard InChI is InChI=1S/C14H11N3O4S/c18-10-5-3-4-9(8-10)15-14(22)16-13(19)11-6-1-2-7-12(11)17(20)21/h1-8,18H,(H2,15,16,19,22). The van der Waals surface area contributed by atoms with Crippen LogP contribution in [0.2, 0.25) is 0 Å². The number of nitrogens with one attached hydrogen (secondary N) is 2. The Labute approximate surface area is 130 Å². The second-order valence-electron chi connectivity index (χ2n) is 4.23. The first-order valence-electron chi connectivity index (χ1n) is 6.12. The van der Waals surface area contributed by atoms with Crippen molar-refractivity contribution in [2.45, 2.75) is 0 Å². The van der Waals surface area contributed by atoms with Gasteiger partial charge in [0.2, 0.25) is 0 Å². The quantitative estimate of drug-likeness (QED) is 0.456. The number of anilines is 1. The Hall–Kier alpha value is -3.00. The van der Waals surface area contributed by atoms with Crippen molar-refractivity contribution in [3.8, 4) is 5.75 Å². The van der Waals surface area contributed by atoms with Gasteiger partial charge in [-0.3, -0.25) is 20.2 Å². The van der Waals surface area contributed by atoms with Gasteiger partial charge in [-0.1, -0.05) is 18.2 Å². The number of hydrogen-bond donors (Lipinski definition) is 3. The van der Waals surface area contributed by atoms with Crippen LogP contribution in [0.5, 0.6) is 5.75 Å². The van der Waals surface area contributed by atoms with E-state index in [1.165, 1.54) is 36.4 Å². The van der Waals surface area contributed by atoms with Crippen molar-refractivity contribution in [3.05, 3.63) is 64.2 Å². The third-order valence-electron chi connectivity index (χ3n) is 2.68. The van der Waals surface area contributed by atoms with Crippen LogP contribution in [0.1, 0.15) is 10.4 Å². The van der Waals surface area contributed by atoms with Crippen molar-refractivity contribution >= 4 is 34.6 Å². The lowest BCUT2D eigenvalue weighted by Crippen LogP contribution is -2.34. The number of thiocarbonyl (C=S) groups is 1. The molecule has 0 heterocycles. The summed E-state index contributed by atoms with van der Waals surface area (Å²) in [7, 11) is 0. The molecule has 0 aliphatic carbocycles. The molecule has 22 heavy (non-hydrogen) atoms. The van der Waals surface area contributed by atoms with Gasteiger partial charge in [-0.05, 0) is 30.4 Å². The van der Waals surface area contributed by atoms with Gasteiger partial charge >= 0.3 is 0 Å². The number of phenols is 1. The van der Waals surface area contributed by atoms with Crippen molar-refractivity contribution in [1.82, 2.24) is 5.32 Å². The number of benzene rings is 2. The SMILES string of the molecule is O=C(NC(=S)Nc1cccc(O)c1)c1ccccc1[N+](=O)[O-]. The molecular weight excluding hydrogens is 306 g/mol. The fourth-order valence-corrected chi connectivity index (χ4v) is 1.95. The van der Waals surface area contributed by atoms with Crippen LogP contribution in [-0.2, 0) is 0 Å². The largest absolute Gasteiger partial charge is 0.508 e. The summed E-state index contributed by atoms with van der Waals surface area (Å²) in [6.45, 7) is 0. The molecule has 0 aliphatic heterocycles. The Morgan fingerprint density at radius 3 is 2.59 bits per heavy atom. The van der Waals surface area contributed by atoms with E-state index < -0.39 is 10.8 Å². The number of carbonyl (C=O) groups excluding carboxylic acids is 1. The number of nitro groups is 1. The summed E-state index contributed by atoms with van der Waals surface area (Å²) in [6, 6.07) is 11.7. The Kier molecular flexibility index (Phi) is 4.64. The molecule has 0 radical (unpaired) electrons. The van der Waals surface area contributed by atoms with Gasteiger partial charge in [-0.25, -0.2) is 0 Å². The highest BCUT2D eigenvalue weighted by molar-refractivity contribution is 7.80. The van der Waals surface area contributed by atoms with E-state index in [1.807, 2.05) is 0 Å². The van der Waals surface area contributed by atoms with Gasteiger partial charge in [-0.2, -0.15) is 0 Å². The second-order valence-corrected chi connectivity index (χ2v) is 4.64. The summed E-state index contributed by atoms with van der Waals surface area (Å²) < 4.78 is 0.